The summed E-state index contributed by atoms with van der Waals surface area (Å²) in [5.74, 6) is 0.122. The van der Waals surface area contributed by atoms with Crippen molar-refractivity contribution < 1.29 is 14.6 Å². The van der Waals surface area contributed by atoms with Crippen molar-refractivity contribution >= 4 is 28.1 Å². The third-order valence-corrected chi connectivity index (χ3v) is 3.46. The van der Waals surface area contributed by atoms with E-state index in [2.05, 4.69) is 33.0 Å². The molecule has 0 aliphatic rings. The lowest BCUT2D eigenvalue weighted by Crippen LogP contribution is -2.17. The van der Waals surface area contributed by atoms with Gasteiger partial charge in [0.25, 0.3) is 5.91 Å². The molecule has 0 radical (unpaired) electrons. The summed E-state index contributed by atoms with van der Waals surface area (Å²) in [6.07, 6.45) is 3.16. The largest absolute Gasteiger partial charge is 0.507 e. The molecule has 0 saturated heterocycles. The van der Waals surface area contributed by atoms with Crippen molar-refractivity contribution in [2.45, 2.75) is 0 Å². The Balaban J connectivity index is 2.00. The van der Waals surface area contributed by atoms with Crippen molar-refractivity contribution in [2.24, 2.45) is 5.10 Å². The standard InChI is InChI=1S/C17H15BrN2O3/c1-2-9-23-16-8-7-12(10-14(16)18)11-19-20-17(22)13-5-3-4-6-15(13)21/h2-8,10-11,21H,1,9H2,(H,20,22)/b19-11+. The van der Waals surface area contributed by atoms with Crippen LogP contribution in [0.3, 0.4) is 0 Å². The van der Waals surface area contributed by atoms with E-state index in [-0.39, 0.29) is 11.3 Å². The van der Waals surface area contributed by atoms with Gasteiger partial charge in [-0.25, -0.2) is 5.43 Å². The molecule has 2 N–H and O–H groups in total. The lowest BCUT2D eigenvalue weighted by molar-refractivity contribution is 0.0952. The van der Waals surface area contributed by atoms with Crippen molar-refractivity contribution in [3.63, 3.8) is 0 Å². The summed E-state index contributed by atoms with van der Waals surface area (Å²) in [4.78, 5) is 11.9. The first-order chi connectivity index (χ1) is 11.1. The van der Waals surface area contributed by atoms with Gasteiger partial charge < -0.3 is 9.84 Å². The first kappa shape index (κ1) is 16.8. The van der Waals surface area contributed by atoms with Crippen LogP contribution in [0.25, 0.3) is 0 Å². The number of ether oxygens (including phenoxy) is 1. The number of nitrogens with zero attached hydrogens (tertiary/aromatic N) is 1. The van der Waals surface area contributed by atoms with Crippen molar-refractivity contribution in [1.29, 1.82) is 0 Å². The molecule has 23 heavy (non-hydrogen) atoms. The average Bonchev–Trinajstić information content (AvgIpc) is 2.54. The number of amides is 1. The van der Waals surface area contributed by atoms with Gasteiger partial charge in [0, 0.05) is 0 Å². The molecule has 2 rings (SSSR count). The normalized spacial score (nSPS) is 10.5. The van der Waals surface area contributed by atoms with Crippen LogP contribution in [0, 0.1) is 0 Å². The number of hydrogen-bond acceptors (Lipinski definition) is 4. The topological polar surface area (TPSA) is 70.9 Å². The van der Waals surface area contributed by atoms with Gasteiger partial charge in [0.2, 0.25) is 0 Å². The minimum atomic E-state index is -0.482. The van der Waals surface area contributed by atoms with Crippen LogP contribution in [0.15, 0.2) is 64.7 Å². The van der Waals surface area contributed by atoms with E-state index in [0.717, 1.165) is 10.0 Å². The van der Waals surface area contributed by atoms with Crippen LogP contribution < -0.4 is 10.2 Å². The summed E-state index contributed by atoms with van der Waals surface area (Å²) in [5, 5.41) is 13.5. The van der Waals surface area contributed by atoms with Crippen molar-refractivity contribution in [2.75, 3.05) is 6.61 Å². The molecule has 5 nitrogen and oxygen atoms in total. The van der Waals surface area contributed by atoms with Crippen LogP contribution in [-0.2, 0) is 0 Å². The number of halogens is 1. The van der Waals surface area contributed by atoms with Crippen LogP contribution in [0.5, 0.6) is 11.5 Å². The zero-order valence-electron chi connectivity index (χ0n) is 12.2. The third kappa shape index (κ3) is 4.69. The number of nitrogens with one attached hydrogen (secondary N) is 1. The lowest BCUT2D eigenvalue weighted by atomic mass is 10.2. The molecule has 1 amide bonds. The fraction of sp³-hybridized carbons (Fsp3) is 0.0588. The minimum absolute atomic E-state index is 0.0911. The molecule has 0 aromatic heterocycles. The zero-order chi connectivity index (χ0) is 16.7. The Morgan fingerprint density at radius 3 is 2.83 bits per heavy atom. The minimum Gasteiger partial charge on any atom is -0.507 e. The maximum absolute atomic E-state index is 11.9. The monoisotopic (exact) mass is 374 g/mol. The van der Waals surface area contributed by atoms with E-state index in [9.17, 15) is 9.90 Å². The SMILES string of the molecule is C=CCOc1ccc(/C=N/NC(=O)c2ccccc2O)cc1Br. The smallest absolute Gasteiger partial charge is 0.275 e. The highest BCUT2D eigenvalue weighted by molar-refractivity contribution is 9.10. The van der Waals surface area contributed by atoms with E-state index in [1.807, 2.05) is 6.07 Å². The molecule has 0 atom stereocenters. The van der Waals surface area contributed by atoms with Crippen molar-refractivity contribution in [1.82, 2.24) is 5.43 Å². The molecule has 2 aromatic carbocycles. The average molecular weight is 375 g/mol. The van der Waals surface area contributed by atoms with E-state index in [1.54, 1.807) is 30.3 Å². The number of para-hydroxylation sites is 1. The van der Waals surface area contributed by atoms with E-state index in [0.29, 0.717) is 12.4 Å². The lowest BCUT2D eigenvalue weighted by Gasteiger charge is -2.06. The molecule has 0 saturated carbocycles. The number of phenols is 1. The number of aromatic hydroxyl groups is 1. The van der Waals surface area contributed by atoms with Crippen LogP contribution in [0.2, 0.25) is 0 Å². The second-order valence-electron chi connectivity index (χ2n) is 4.51. The molecule has 0 heterocycles. The Morgan fingerprint density at radius 1 is 1.35 bits per heavy atom. The quantitative estimate of drug-likeness (QED) is 0.461. The van der Waals surface area contributed by atoms with Crippen molar-refractivity contribution in [3.05, 3.63) is 70.7 Å². The van der Waals surface area contributed by atoms with Crippen molar-refractivity contribution in [3.8, 4) is 11.5 Å². The Morgan fingerprint density at radius 2 is 2.13 bits per heavy atom. The fourth-order valence-corrected chi connectivity index (χ4v) is 2.27. The molecular weight excluding hydrogens is 360 g/mol. The van der Waals surface area contributed by atoms with Gasteiger partial charge in [-0.3, -0.25) is 4.79 Å². The van der Waals surface area contributed by atoms with E-state index in [1.165, 1.54) is 18.3 Å². The summed E-state index contributed by atoms with van der Waals surface area (Å²) < 4.78 is 6.22. The molecule has 0 spiro atoms. The van der Waals surface area contributed by atoms with Gasteiger partial charge in [-0.1, -0.05) is 24.8 Å². The van der Waals surface area contributed by atoms with Gasteiger partial charge in [0.15, 0.2) is 0 Å². The van der Waals surface area contributed by atoms with Gasteiger partial charge in [0.05, 0.1) is 16.3 Å². The highest BCUT2D eigenvalue weighted by Crippen LogP contribution is 2.25. The maximum Gasteiger partial charge on any atom is 0.275 e. The Hall–Kier alpha value is -2.60. The fourth-order valence-electron chi connectivity index (χ4n) is 1.75. The van der Waals surface area contributed by atoms with Gasteiger partial charge in [-0.2, -0.15) is 5.10 Å². The second kappa shape index (κ2) is 8.14. The number of hydrogen-bond donors (Lipinski definition) is 2. The molecule has 6 heteroatoms. The molecule has 2 aromatic rings. The molecular formula is C17H15BrN2O3. The van der Waals surface area contributed by atoms with E-state index in [4.69, 9.17) is 4.74 Å². The Kier molecular flexibility index (Phi) is 5.94. The summed E-state index contributed by atoms with van der Waals surface area (Å²) in [6.45, 7) is 4.01. The van der Waals surface area contributed by atoms with Gasteiger partial charge in [-0.15, -0.1) is 0 Å². The predicted octanol–water partition coefficient (Wildman–Crippen LogP) is 3.48. The molecule has 0 bridgehead atoms. The van der Waals surface area contributed by atoms with Gasteiger partial charge >= 0.3 is 0 Å². The second-order valence-corrected chi connectivity index (χ2v) is 5.36. The Bertz CT molecular complexity index is 744. The van der Waals surface area contributed by atoms with Crippen LogP contribution >= 0.6 is 15.9 Å². The molecule has 118 valence electrons. The Labute approximate surface area is 142 Å². The summed E-state index contributed by atoms with van der Waals surface area (Å²) in [6, 6.07) is 11.7. The number of rotatable bonds is 6. The number of carbonyl (C=O) groups excluding carboxylic acids is 1. The maximum atomic E-state index is 11.9. The van der Waals surface area contributed by atoms with Crippen LogP contribution in [0.4, 0.5) is 0 Å². The molecule has 0 fully saturated rings. The van der Waals surface area contributed by atoms with E-state index < -0.39 is 5.91 Å². The number of carbonyl (C=O) groups is 1. The number of benzene rings is 2. The summed E-state index contributed by atoms with van der Waals surface area (Å²) in [5.41, 5.74) is 3.31. The van der Waals surface area contributed by atoms with Gasteiger partial charge in [0.1, 0.15) is 18.1 Å². The number of phenolic OH excluding ortho intramolecular Hbond substituents is 1. The highest BCUT2D eigenvalue weighted by atomic mass is 79.9. The first-order valence-electron chi connectivity index (χ1n) is 6.76. The van der Waals surface area contributed by atoms with Gasteiger partial charge in [-0.05, 0) is 51.8 Å². The zero-order valence-corrected chi connectivity index (χ0v) is 13.8. The van der Waals surface area contributed by atoms with Crippen LogP contribution in [-0.4, -0.2) is 23.8 Å². The summed E-state index contributed by atoms with van der Waals surface area (Å²) >= 11 is 3.40. The number of hydrazone groups is 1. The summed E-state index contributed by atoms with van der Waals surface area (Å²) in [7, 11) is 0. The third-order valence-electron chi connectivity index (χ3n) is 2.84. The van der Waals surface area contributed by atoms with E-state index >= 15 is 0 Å². The molecule has 0 aliphatic heterocycles. The molecule has 0 unspecified atom stereocenters. The molecule has 0 aliphatic carbocycles. The first-order valence-corrected chi connectivity index (χ1v) is 7.55. The van der Waals surface area contributed by atoms with Crippen LogP contribution in [0.1, 0.15) is 15.9 Å². The predicted molar refractivity (Wildman–Crippen MR) is 93.0 cm³/mol. The highest BCUT2D eigenvalue weighted by Gasteiger charge is 2.08.